The second kappa shape index (κ2) is 7.22. The van der Waals surface area contributed by atoms with Gasteiger partial charge in [0.25, 0.3) is 0 Å². The van der Waals surface area contributed by atoms with Crippen LogP contribution in [0.2, 0.25) is 5.02 Å². The van der Waals surface area contributed by atoms with Crippen molar-refractivity contribution in [3.8, 4) is 0 Å². The fourth-order valence-corrected chi connectivity index (χ4v) is 3.42. The molecule has 0 heterocycles. The molecule has 0 radical (unpaired) electrons. The van der Waals surface area contributed by atoms with Gasteiger partial charge in [0.2, 0.25) is 15.9 Å². The first-order valence-corrected chi connectivity index (χ1v) is 8.34. The van der Waals surface area contributed by atoms with Gasteiger partial charge in [-0.3, -0.25) is 4.79 Å². The molecular formula is C13H20ClN3O3S. The quantitative estimate of drug-likeness (QED) is 0.722. The van der Waals surface area contributed by atoms with E-state index in [4.69, 9.17) is 17.3 Å². The standard InChI is InChI=1S/C13H20ClN3O3S/c1-8(2)16-13(18)9(3)17-21(19,20)12-5-4-10(7-15)6-11(12)14/h4-6,8-9,17H,7,15H2,1-3H3,(H,16,18). The number of nitrogens with one attached hydrogen (secondary N) is 2. The first-order valence-electron chi connectivity index (χ1n) is 6.48. The molecule has 6 nitrogen and oxygen atoms in total. The topological polar surface area (TPSA) is 101 Å². The summed E-state index contributed by atoms with van der Waals surface area (Å²) < 4.78 is 26.8. The van der Waals surface area contributed by atoms with Crippen LogP contribution in [0.3, 0.4) is 0 Å². The third-order valence-electron chi connectivity index (χ3n) is 2.68. The Hall–Kier alpha value is -1.15. The third-order valence-corrected chi connectivity index (χ3v) is 4.70. The number of sulfonamides is 1. The van der Waals surface area contributed by atoms with E-state index in [1.807, 2.05) is 0 Å². The molecule has 1 aromatic rings. The monoisotopic (exact) mass is 333 g/mol. The van der Waals surface area contributed by atoms with E-state index in [0.29, 0.717) is 0 Å². The van der Waals surface area contributed by atoms with E-state index in [9.17, 15) is 13.2 Å². The molecule has 8 heteroatoms. The van der Waals surface area contributed by atoms with Crippen molar-refractivity contribution < 1.29 is 13.2 Å². The zero-order valence-corrected chi connectivity index (χ0v) is 13.8. The number of rotatable bonds is 6. The fraction of sp³-hybridized carbons (Fsp3) is 0.462. The van der Waals surface area contributed by atoms with E-state index in [1.165, 1.54) is 19.1 Å². The van der Waals surface area contributed by atoms with Gasteiger partial charge in [-0.15, -0.1) is 0 Å². The number of hydrogen-bond donors (Lipinski definition) is 3. The largest absolute Gasteiger partial charge is 0.353 e. The van der Waals surface area contributed by atoms with Gasteiger partial charge in [-0.1, -0.05) is 17.7 Å². The molecular weight excluding hydrogens is 314 g/mol. The summed E-state index contributed by atoms with van der Waals surface area (Å²) >= 11 is 5.96. The highest BCUT2D eigenvalue weighted by Gasteiger charge is 2.24. The molecule has 1 unspecified atom stereocenters. The van der Waals surface area contributed by atoms with Gasteiger partial charge in [-0.25, -0.2) is 8.42 Å². The van der Waals surface area contributed by atoms with E-state index in [2.05, 4.69) is 10.0 Å². The lowest BCUT2D eigenvalue weighted by molar-refractivity contribution is -0.122. The first-order chi connectivity index (χ1) is 9.67. The highest BCUT2D eigenvalue weighted by molar-refractivity contribution is 7.89. The Morgan fingerprint density at radius 1 is 1.33 bits per heavy atom. The van der Waals surface area contributed by atoms with Crippen molar-refractivity contribution in [3.63, 3.8) is 0 Å². The van der Waals surface area contributed by atoms with Crippen molar-refractivity contribution in [2.75, 3.05) is 0 Å². The van der Waals surface area contributed by atoms with Crippen molar-refractivity contribution in [3.05, 3.63) is 28.8 Å². The molecule has 1 atom stereocenters. The van der Waals surface area contributed by atoms with E-state index < -0.39 is 22.0 Å². The fourth-order valence-electron chi connectivity index (χ4n) is 1.65. The summed E-state index contributed by atoms with van der Waals surface area (Å²) in [5, 5.41) is 2.71. The molecule has 4 N–H and O–H groups in total. The maximum Gasteiger partial charge on any atom is 0.242 e. The Morgan fingerprint density at radius 2 is 1.95 bits per heavy atom. The number of halogens is 1. The third kappa shape index (κ3) is 4.96. The maximum atomic E-state index is 12.2. The molecule has 0 spiro atoms. The van der Waals surface area contributed by atoms with Gasteiger partial charge in [-0.2, -0.15) is 4.72 Å². The summed E-state index contributed by atoms with van der Waals surface area (Å²) in [6.45, 7) is 5.32. The zero-order chi connectivity index (χ0) is 16.2. The molecule has 1 rings (SSSR count). The number of hydrogen-bond acceptors (Lipinski definition) is 4. The highest BCUT2D eigenvalue weighted by Crippen LogP contribution is 2.22. The first kappa shape index (κ1) is 17.9. The Balaban J connectivity index is 2.94. The Kier molecular flexibility index (Phi) is 6.15. The number of benzene rings is 1. The molecule has 0 saturated carbocycles. The minimum Gasteiger partial charge on any atom is -0.353 e. The molecule has 0 aromatic heterocycles. The van der Waals surface area contributed by atoms with Crippen LogP contribution < -0.4 is 15.8 Å². The van der Waals surface area contributed by atoms with Gasteiger partial charge in [0.1, 0.15) is 4.90 Å². The average Bonchev–Trinajstić information content (AvgIpc) is 2.36. The second-order valence-electron chi connectivity index (χ2n) is 4.98. The lowest BCUT2D eigenvalue weighted by Crippen LogP contribution is -2.46. The molecule has 1 amide bonds. The summed E-state index contributed by atoms with van der Waals surface area (Å²) in [6, 6.07) is 3.48. The van der Waals surface area contributed by atoms with Gasteiger partial charge < -0.3 is 11.1 Å². The van der Waals surface area contributed by atoms with Gasteiger partial charge in [0, 0.05) is 12.6 Å². The minimum atomic E-state index is -3.88. The summed E-state index contributed by atoms with van der Waals surface area (Å²) in [5.41, 5.74) is 6.19. The summed E-state index contributed by atoms with van der Waals surface area (Å²) in [6.07, 6.45) is 0. The molecule has 1 aromatic carbocycles. The number of nitrogens with two attached hydrogens (primary N) is 1. The number of carbonyl (C=O) groups is 1. The SMILES string of the molecule is CC(C)NC(=O)C(C)NS(=O)(=O)c1ccc(CN)cc1Cl. The summed E-state index contributed by atoms with van der Waals surface area (Å²) in [5.74, 6) is -0.400. The Labute approximate surface area is 130 Å². The summed E-state index contributed by atoms with van der Waals surface area (Å²) in [7, 11) is -3.88. The van der Waals surface area contributed by atoms with Crippen LogP contribution in [0.15, 0.2) is 23.1 Å². The lowest BCUT2D eigenvalue weighted by Gasteiger charge is -2.16. The van der Waals surface area contributed by atoms with E-state index in [1.54, 1.807) is 19.9 Å². The Bertz CT molecular complexity index is 617. The molecule has 0 aliphatic heterocycles. The van der Waals surface area contributed by atoms with Crippen LogP contribution in [0.25, 0.3) is 0 Å². The van der Waals surface area contributed by atoms with Gasteiger partial charge >= 0.3 is 0 Å². The van der Waals surface area contributed by atoms with Crippen molar-refractivity contribution in [1.29, 1.82) is 0 Å². The number of amides is 1. The molecule has 0 saturated heterocycles. The highest BCUT2D eigenvalue weighted by atomic mass is 35.5. The van der Waals surface area contributed by atoms with Gasteiger partial charge in [-0.05, 0) is 38.5 Å². The van der Waals surface area contributed by atoms with Gasteiger partial charge in [0.05, 0.1) is 11.1 Å². The van der Waals surface area contributed by atoms with Crippen LogP contribution in [0, 0.1) is 0 Å². The van der Waals surface area contributed by atoms with E-state index in [-0.39, 0.29) is 22.5 Å². The lowest BCUT2D eigenvalue weighted by atomic mass is 10.2. The predicted octanol–water partition coefficient (Wildman–Crippen LogP) is 0.990. The average molecular weight is 334 g/mol. The smallest absolute Gasteiger partial charge is 0.242 e. The Morgan fingerprint density at radius 3 is 2.43 bits per heavy atom. The van der Waals surface area contributed by atoms with Crippen LogP contribution >= 0.6 is 11.6 Å². The van der Waals surface area contributed by atoms with Crippen molar-refractivity contribution in [2.24, 2.45) is 5.73 Å². The number of carbonyl (C=O) groups excluding carboxylic acids is 1. The van der Waals surface area contributed by atoms with Crippen LogP contribution in [0.4, 0.5) is 0 Å². The second-order valence-corrected chi connectivity index (χ2v) is 7.06. The summed E-state index contributed by atoms with van der Waals surface area (Å²) in [4.78, 5) is 11.7. The molecule has 0 bridgehead atoms. The zero-order valence-electron chi connectivity index (χ0n) is 12.2. The maximum absolute atomic E-state index is 12.2. The van der Waals surface area contributed by atoms with Crippen LogP contribution in [0.1, 0.15) is 26.3 Å². The van der Waals surface area contributed by atoms with E-state index in [0.717, 1.165) is 5.56 Å². The molecule has 21 heavy (non-hydrogen) atoms. The normalized spacial score (nSPS) is 13.2. The van der Waals surface area contributed by atoms with Crippen molar-refractivity contribution >= 4 is 27.5 Å². The molecule has 0 fully saturated rings. The van der Waals surface area contributed by atoms with Crippen molar-refractivity contribution in [2.45, 2.75) is 44.3 Å². The molecule has 0 aliphatic carbocycles. The molecule has 118 valence electrons. The van der Waals surface area contributed by atoms with Crippen LogP contribution in [-0.2, 0) is 21.4 Å². The van der Waals surface area contributed by atoms with Crippen LogP contribution in [-0.4, -0.2) is 26.4 Å². The molecule has 0 aliphatic rings. The van der Waals surface area contributed by atoms with E-state index >= 15 is 0 Å². The predicted molar refractivity (Wildman–Crippen MR) is 82.4 cm³/mol. The van der Waals surface area contributed by atoms with Crippen molar-refractivity contribution in [1.82, 2.24) is 10.0 Å². The van der Waals surface area contributed by atoms with Gasteiger partial charge in [0.15, 0.2) is 0 Å². The van der Waals surface area contributed by atoms with Crippen LogP contribution in [0.5, 0.6) is 0 Å². The minimum absolute atomic E-state index is 0.0712.